The molecule has 1 atom stereocenters. The van der Waals surface area contributed by atoms with Crippen LogP contribution in [0.2, 0.25) is 25.7 Å². The van der Waals surface area contributed by atoms with Gasteiger partial charge in [0.25, 0.3) is 0 Å². The summed E-state index contributed by atoms with van der Waals surface area (Å²) in [6.07, 6.45) is 11.8. The SMILES string of the molecule is CC(CCCCCCc1nc(-c2ccccc2)c(-c2ccccc2)n1COCC[Si](C)(C)C)CCCCCNC(N)=O. The zero-order valence-corrected chi connectivity index (χ0v) is 27.5. The van der Waals surface area contributed by atoms with E-state index in [1.807, 2.05) is 0 Å². The molecule has 1 aromatic heterocycles. The number of aryl methyl sites for hydroxylation is 1. The quantitative estimate of drug-likeness (QED) is 0.102. The number of rotatable bonds is 20. The molecule has 0 bridgehead atoms. The minimum atomic E-state index is -1.16. The summed E-state index contributed by atoms with van der Waals surface area (Å²) in [5.41, 5.74) is 9.65. The lowest BCUT2D eigenvalue weighted by Gasteiger charge is -2.17. The van der Waals surface area contributed by atoms with Gasteiger partial charge in [0.1, 0.15) is 12.6 Å². The zero-order chi connectivity index (χ0) is 30.2. The van der Waals surface area contributed by atoms with Gasteiger partial charge in [0.2, 0.25) is 0 Å². The Morgan fingerprint density at radius 3 is 2.10 bits per heavy atom. The smallest absolute Gasteiger partial charge is 0.312 e. The van der Waals surface area contributed by atoms with E-state index in [1.165, 1.54) is 44.1 Å². The first-order valence-electron chi connectivity index (χ1n) is 16.1. The summed E-state index contributed by atoms with van der Waals surface area (Å²) in [6, 6.07) is 22.0. The highest BCUT2D eigenvalue weighted by atomic mass is 28.3. The van der Waals surface area contributed by atoms with Crippen molar-refractivity contribution in [1.29, 1.82) is 0 Å². The number of carbonyl (C=O) groups excluding carboxylic acids is 1. The Balaban J connectivity index is 1.58. The molecule has 0 radical (unpaired) electrons. The molecule has 0 spiro atoms. The Bertz CT molecular complexity index is 1170. The molecule has 6 nitrogen and oxygen atoms in total. The van der Waals surface area contributed by atoms with Crippen molar-refractivity contribution in [1.82, 2.24) is 14.9 Å². The molecule has 0 aliphatic rings. The molecule has 3 aromatic rings. The summed E-state index contributed by atoms with van der Waals surface area (Å²) in [4.78, 5) is 16.0. The van der Waals surface area contributed by atoms with E-state index in [9.17, 15) is 4.79 Å². The van der Waals surface area contributed by atoms with Crippen molar-refractivity contribution < 1.29 is 9.53 Å². The topological polar surface area (TPSA) is 82.2 Å². The lowest BCUT2D eigenvalue weighted by molar-refractivity contribution is 0.0861. The summed E-state index contributed by atoms with van der Waals surface area (Å²) in [6.45, 7) is 11.6. The summed E-state index contributed by atoms with van der Waals surface area (Å²) in [5.74, 6) is 1.88. The van der Waals surface area contributed by atoms with Gasteiger partial charge in [-0.2, -0.15) is 0 Å². The standard InChI is InChI=1S/C35H54N4O2Si/c1-29(19-11-9-17-25-37-35(36)40)18-10-5-6-16-24-32-38-33(30-20-12-7-13-21-30)34(31-22-14-8-15-23-31)39(32)28-41-26-27-42(2,3)4/h7-8,12-15,20-23,29H,5-6,9-11,16-19,24-28H2,1-4H3,(H3,36,37,40). The summed E-state index contributed by atoms with van der Waals surface area (Å²) in [7, 11) is -1.16. The second-order valence-electron chi connectivity index (χ2n) is 12.9. The van der Waals surface area contributed by atoms with Gasteiger partial charge < -0.3 is 20.4 Å². The summed E-state index contributed by atoms with van der Waals surface area (Å²) >= 11 is 0. The molecule has 1 unspecified atom stereocenters. The predicted octanol–water partition coefficient (Wildman–Crippen LogP) is 8.89. The largest absolute Gasteiger partial charge is 0.361 e. The molecule has 3 rings (SSSR count). The summed E-state index contributed by atoms with van der Waals surface area (Å²) in [5, 5.41) is 2.67. The first kappa shape index (κ1) is 33.6. The number of ether oxygens (including phenoxy) is 1. The predicted molar refractivity (Wildman–Crippen MR) is 179 cm³/mol. The van der Waals surface area contributed by atoms with Gasteiger partial charge in [0, 0.05) is 38.8 Å². The van der Waals surface area contributed by atoms with Gasteiger partial charge in [-0.3, -0.25) is 0 Å². The fourth-order valence-corrected chi connectivity index (χ4v) is 6.09. The lowest BCUT2D eigenvalue weighted by Crippen LogP contribution is -2.29. The highest BCUT2D eigenvalue weighted by Crippen LogP contribution is 2.33. The Morgan fingerprint density at radius 1 is 0.881 bits per heavy atom. The molecule has 2 aromatic carbocycles. The molecule has 230 valence electrons. The van der Waals surface area contributed by atoms with E-state index < -0.39 is 14.1 Å². The third-order valence-electron chi connectivity index (χ3n) is 7.88. The fraction of sp³-hybridized carbons (Fsp3) is 0.543. The molecule has 0 fully saturated rings. The zero-order valence-electron chi connectivity index (χ0n) is 26.5. The van der Waals surface area contributed by atoms with Crippen LogP contribution in [0, 0.1) is 5.92 Å². The number of hydrogen-bond donors (Lipinski definition) is 2. The van der Waals surface area contributed by atoms with E-state index in [0.717, 1.165) is 67.0 Å². The van der Waals surface area contributed by atoms with Crippen molar-refractivity contribution >= 4 is 14.1 Å². The van der Waals surface area contributed by atoms with E-state index >= 15 is 0 Å². The molecule has 2 amide bonds. The van der Waals surface area contributed by atoms with E-state index in [4.69, 9.17) is 15.5 Å². The molecular weight excluding hydrogens is 536 g/mol. The molecule has 3 N–H and O–H groups in total. The number of imidazole rings is 1. The number of unbranched alkanes of at least 4 members (excludes halogenated alkanes) is 5. The second-order valence-corrected chi connectivity index (χ2v) is 18.6. The van der Waals surface area contributed by atoms with E-state index in [-0.39, 0.29) is 0 Å². The number of aromatic nitrogens is 2. The van der Waals surface area contributed by atoms with Gasteiger partial charge in [0.15, 0.2) is 0 Å². The van der Waals surface area contributed by atoms with Gasteiger partial charge in [-0.1, -0.05) is 132 Å². The third kappa shape index (κ3) is 12.1. The van der Waals surface area contributed by atoms with Crippen LogP contribution in [-0.4, -0.2) is 36.8 Å². The lowest BCUT2D eigenvalue weighted by atomic mass is 9.96. The minimum absolute atomic E-state index is 0.425. The highest BCUT2D eigenvalue weighted by molar-refractivity contribution is 6.76. The van der Waals surface area contributed by atoms with Crippen molar-refractivity contribution in [3.8, 4) is 22.5 Å². The Hall–Kier alpha value is -2.90. The van der Waals surface area contributed by atoms with Gasteiger partial charge in [-0.25, -0.2) is 9.78 Å². The van der Waals surface area contributed by atoms with Crippen LogP contribution in [0.5, 0.6) is 0 Å². The number of amides is 2. The first-order chi connectivity index (χ1) is 20.2. The van der Waals surface area contributed by atoms with Gasteiger partial charge >= 0.3 is 6.03 Å². The molecule has 0 aliphatic heterocycles. The molecule has 42 heavy (non-hydrogen) atoms. The van der Waals surface area contributed by atoms with E-state index in [0.29, 0.717) is 13.3 Å². The van der Waals surface area contributed by atoms with Crippen LogP contribution in [0.3, 0.4) is 0 Å². The number of primary amides is 1. The maximum absolute atomic E-state index is 10.7. The van der Waals surface area contributed by atoms with Crippen LogP contribution in [0.1, 0.15) is 70.5 Å². The Morgan fingerprint density at radius 2 is 1.48 bits per heavy atom. The molecule has 0 saturated heterocycles. The number of nitrogens with one attached hydrogen (secondary N) is 1. The van der Waals surface area contributed by atoms with Crippen LogP contribution in [-0.2, 0) is 17.9 Å². The minimum Gasteiger partial charge on any atom is -0.361 e. The number of nitrogens with zero attached hydrogens (tertiary/aromatic N) is 2. The molecule has 7 heteroatoms. The molecule has 0 saturated carbocycles. The van der Waals surface area contributed by atoms with Crippen LogP contribution in [0.25, 0.3) is 22.5 Å². The monoisotopic (exact) mass is 590 g/mol. The van der Waals surface area contributed by atoms with Crippen LogP contribution >= 0.6 is 0 Å². The number of hydrogen-bond acceptors (Lipinski definition) is 3. The number of nitrogens with two attached hydrogens (primary N) is 1. The van der Waals surface area contributed by atoms with Crippen molar-refractivity contribution in [2.24, 2.45) is 11.7 Å². The Kier molecular flexibility index (Phi) is 14.3. The van der Waals surface area contributed by atoms with Crippen molar-refractivity contribution in [2.45, 2.75) is 104 Å². The van der Waals surface area contributed by atoms with E-state index in [2.05, 4.69) is 97.1 Å². The highest BCUT2D eigenvalue weighted by Gasteiger charge is 2.20. The van der Waals surface area contributed by atoms with Crippen molar-refractivity contribution in [2.75, 3.05) is 13.2 Å². The van der Waals surface area contributed by atoms with Crippen molar-refractivity contribution in [3.05, 3.63) is 66.5 Å². The molecular formula is C35H54N4O2Si. The maximum Gasteiger partial charge on any atom is 0.312 e. The van der Waals surface area contributed by atoms with Gasteiger partial charge in [-0.15, -0.1) is 0 Å². The summed E-state index contributed by atoms with van der Waals surface area (Å²) < 4.78 is 8.65. The molecule has 0 aliphatic carbocycles. The molecule has 1 heterocycles. The third-order valence-corrected chi connectivity index (χ3v) is 9.58. The van der Waals surface area contributed by atoms with E-state index in [1.54, 1.807) is 0 Å². The van der Waals surface area contributed by atoms with Crippen LogP contribution in [0.15, 0.2) is 60.7 Å². The van der Waals surface area contributed by atoms with Crippen LogP contribution in [0.4, 0.5) is 4.79 Å². The van der Waals surface area contributed by atoms with Gasteiger partial charge in [0.05, 0.1) is 11.4 Å². The number of urea groups is 1. The maximum atomic E-state index is 10.7. The number of carbonyl (C=O) groups is 1. The van der Waals surface area contributed by atoms with Crippen LogP contribution < -0.4 is 11.1 Å². The Labute approximate surface area is 255 Å². The van der Waals surface area contributed by atoms with Crippen molar-refractivity contribution in [3.63, 3.8) is 0 Å². The normalized spacial score (nSPS) is 12.4. The second kappa shape index (κ2) is 17.9. The fourth-order valence-electron chi connectivity index (χ4n) is 5.33. The average Bonchev–Trinajstić information content (AvgIpc) is 3.33. The first-order valence-corrected chi connectivity index (χ1v) is 19.8. The van der Waals surface area contributed by atoms with Gasteiger partial charge in [-0.05, 0) is 24.8 Å². The average molecular weight is 591 g/mol. The number of benzene rings is 2.